The molecule has 1 rings (SSSR count). The first-order chi connectivity index (χ1) is 9.51. The fraction of sp³-hybridized carbons (Fsp3) is 0.562. The lowest BCUT2D eigenvalue weighted by Gasteiger charge is -2.14. The van der Waals surface area contributed by atoms with Crippen LogP contribution in [0, 0.1) is 0 Å². The van der Waals surface area contributed by atoms with Crippen LogP contribution >= 0.6 is 0 Å². The average molecular weight is 279 g/mol. The van der Waals surface area contributed by atoms with E-state index in [2.05, 4.69) is 0 Å². The summed E-state index contributed by atoms with van der Waals surface area (Å²) in [5.41, 5.74) is 7.18. The van der Waals surface area contributed by atoms with E-state index in [1.54, 1.807) is 6.92 Å². The largest absolute Gasteiger partial charge is 0.491 e. The molecule has 20 heavy (non-hydrogen) atoms. The minimum absolute atomic E-state index is 0.0475. The van der Waals surface area contributed by atoms with Crippen molar-refractivity contribution in [1.82, 2.24) is 0 Å². The van der Waals surface area contributed by atoms with Crippen LogP contribution in [0.4, 0.5) is 0 Å². The molecule has 0 amide bonds. The second-order valence-electron chi connectivity index (χ2n) is 5.12. The van der Waals surface area contributed by atoms with Crippen LogP contribution in [0.25, 0.3) is 0 Å². The molecule has 0 aromatic heterocycles. The molecule has 2 N–H and O–H groups in total. The predicted molar refractivity (Wildman–Crippen MR) is 79.8 cm³/mol. The van der Waals surface area contributed by atoms with Gasteiger partial charge in [0, 0.05) is 12.5 Å². The maximum absolute atomic E-state index is 11.3. The lowest BCUT2D eigenvalue weighted by molar-refractivity contribution is -0.143. The van der Waals surface area contributed by atoms with E-state index in [1.165, 1.54) is 0 Å². The molecular weight excluding hydrogens is 254 g/mol. The molecule has 4 nitrogen and oxygen atoms in total. The smallest absolute Gasteiger partial charge is 0.305 e. The summed E-state index contributed by atoms with van der Waals surface area (Å²) in [6.07, 6.45) is 1.89. The number of esters is 1. The quantitative estimate of drug-likeness (QED) is 0.743. The van der Waals surface area contributed by atoms with Crippen molar-refractivity contribution in [3.8, 4) is 5.75 Å². The van der Waals surface area contributed by atoms with E-state index >= 15 is 0 Å². The van der Waals surface area contributed by atoms with E-state index < -0.39 is 0 Å². The number of carbonyl (C=O) groups excluding carboxylic acids is 1. The van der Waals surface area contributed by atoms with Crippen molar-refractivity contribution in [3.63, 3.8) is 0 Å². The Morgan fingerprint density at radius 1 is 1.35 bits per heavy atom. The van der Waals surface area contributed by atoms with Crippen molar-refractivity contribution in [2.24, 2.45) is 5.73 Å². The van der Waals surface area contributed by atoms with Crippen molar-refractivity contribution in [2.75, 3.05) is 6.61 Å². The van der Waals surface area contributed by atoms with E-state index in [9.17, 15) is 4.79 Å². The molecule has 0 aliphatic rings. The second kappa shape index (κ2) is 8.59. The Kier molecular flexibility index (Phi) is 7.09. The van der Waals surface area contributed by atoms with Gasteiger partial charge in [-0.2, -0.15) is 0 Å². The van der Waals surface area contributed by atoms with Crippen molar-refractivity contribution < 1.29 is 14.3 Å². The van der Waals surface area contributed by atoms with Crippen LogP contribution in [0.2, 0.25) is 0 Å². The zero-order chi connectivity index (χ0) is 15.0. The first kappa shape index (κ1) is 16.5. The van der Waals surface area contributed by atoms with Gasteiger partial charge in [-0.15, -0.1) is 0 Å². The molecule has 0 saturated carbocycles. The number of carbonyl (C=O) groups is 1. The molecule has 1 unspecified atom stereocenters. The van der Waals surface area contributed by atoms with Gasteiger partial charge in [0.1, 0.15) is 5.75 Å². The van der Waals surface area contributed by atoms with Gasteiger partial charge in [-0.1, -0.05) is 12.1 Å². The van der Waals surface area contributed by atoms with Crippen LogP contribution < -0.4 is 10.5 Å². The summed E-state index contributed by atoms with van der Waals surface area (Å²) in [5.74, 6) is 0.676. The van der Waals surface area contributed by atoms with Gasteiger partial charge < -0.3 is 15.2 Å². The predicted octanol–water partition coefficient (Wildman–Crippen LogP) is 2.69. The van der Waals surface area contributed by atoms with Gasteiger partial charge in [0.2, 0.25) is 0 Å². The SMILES string of the molecule is CCOC(=O)CCC(N)Cc1cccc(OC(C)C)c1. The van der Waals surface area contributed by atoms with Crippen LogP contribution in [-0.2, 0) is 16.0 Å². The molecule has 0 bridgehead atoms. The van der Waals surface area contributed by atoms with Gasteiger partial charge in [0.25, 0.3) is 0 Å². The molecular formula is C16H25NO3. The van der Waals surface area contributed by atoms with Gasteiger partial charge in [-0.3, -0.25) is 4.79 Å². The molecule has 0 saturated heterocycles. The molecule has 0 spiro atoms. The number of hydrogen-bond donors (Lipinski definition) is 1. The summed E-state index contributed by atoms with van der Waals surface area (Å²) in [6.45, 7) is 6.22. The Morgan fingerprint density at radius 2 is 2.10 bits per heavy atom. The third-order valence-corrected chi connectivity index (χ3v) is 2.79. The van der Waals surface area contributed by atoms with Gasteiger partial charge in [-0.25, -0.2) is 0 Å². The lowest BCUT2D eigenvalue weighted by atomic mass is 10.0. The van der Waals surface area contributed by atoms with E-state index in [1.807, 2.05) is 38.1 Å². The third-order valence-electron chi connectivity index (χ3n) is 2.79. The minimum atomic E-state index is -0.181. The van der Waals surface area contributed by atoms with Gasteiger partial charge in [0.05, 0.1) is 12.7 Å². The number of nitrogens with two attached hydrogens (primary N) is 1. The molecule has 0 fully saturated rings. The van der Waals surface area contributed by atoms with Gasteiger partial charge >= 0.3 is 5.97 Å². The highest BCUT2D eigenvalue weighted by atomic mass is 16.5. The van der Waals surface area contributed by atoms with Crippen molar-refractivity contribution in [1.29, 1.82) is 0 Å². The first-order valence-electron chi connectivity index (χ1n) is 7.18. The average Bonchev–Trinajstić information content (AvgIpc) is 2.36. The number of hydrogen-bond acceptors (Lipinski definition) is 4. The Bertz CT molecular complexity index is 418. The second-order valence-corrected chi connectivity index (χ2v) is 5.12. The Balaban J connectivity index is 2.45. The molecule has 1 aromatic rings. The fourth-order valence-electron chi connectivity index (χ4n) is 1.96. The molecule has 0 heterocycles. The molecule has 0 radical (unpaired) electrons. The third kappa shape index (κ3) is 6.57. The summed E-state index contributed by atoms with van der Waals surface area (Å²) in [5, 5.41) is 0. The van der Waals surface area contributed by atoms with E-state index in [-0.39, 0.29) is 18.1 Å². The van der Waals surface area contributed by atoms with E-state index in [4.69, 9.17) is 15.2 Å². The number of benzene rings is 1. The normalized spacial score (nSPS) is 12.2. The van der Waals surface area contributed by atoms with Crippen LogP contribution in [0.3, 0.4) is 0 Å². The van der Waals surface area contributed by atoms with Crippen LogP contribution in [0.1, 0.15) is 39.2 Å². The van der Waals surface area contributed by atoms with E-state index in [0.29, 0.717) is 19.4 Å². The fourth-order valence-corrected chi connectivity index (χ4v) is 1.96. The van der Waals surface area contributed by atoms with Crippen LogP contribution in [0.5, 0.6) is 5.75 Å². The zero-order valence-electron chi connectivity index (χ0n) is 12.6. The standard InChI is InChI=1S/C16H25NO3/c1-4-19-16(18)9-8-14(17)10-13-6-5-7-15(11-13)20-12(2)3/h5-7,11-12,14H,4,8-10,17H2,1-3H3. The maximum Gasteiger partial charge on any atom is 0.305 e. The van der Waals surface area contributed by atoms with E-state index in [0.717, 1.165) is 17.7 Å². The van der Waals surface area contributed by atoms with Crippen LogP contribution in [-0.4, -0.2) is 24.7 Å². The summed E-state index contributed by atoms with van der Waals surface area (Å²) < 4.78 is 10.5. The molecule has 112 valence electrons. The summed E-state index contributed by atoms with van der Waals surface area (Å²) in [6, 6.07) is 7.88. The van der Waals surface area contributed by atoms with Crippen molar-refractivity contribution in [2.45, 2.75) is 52.2 Å². The van der Waals surface area contributed by atoms with Gasteiger partial charge in [-0.05, 0) is 51.3 Å². The monoisotopic (exact) mass is 279 g/mol. The number of rotatable bonds is 8. The Hall–Kier alpha value is -1.55. The van der Waals surface area contributed by atoms with Gasteiger partial charge in [0.15, 0.2) is 0 Å². The highest BCUT2D eigenvalue weighted by Crippen LogP contribution is 2.16. The van der Waals surface area contributed by atoms with Crippen molar-refractivity contribution >= 4 is 5.97 Å². The first-order valence-corrected chi connectivity index (χ1v) is 7.18. The highest BCUT2D eigenvalue weighted by molar-refractivity contribution is 5.69. The highest BCUT2D eigenvalue weighted by Gasteiger charge is 2.09. The van der Waals surface area contributed by atoms with Crippen molar-refractivity contribution in [3.05, 3.63) is 29.8 Å². The molecule has 0 aliphatic carbocycles. The Labute approximate surface area is 121 Å². The molecule has 0 aliphatic heterocycles. The summed E-state index contributed by atoms with van der Waals surface area (Å²) in [7, 11) is 0. The summed E-state index contributed by atoms with van der Waals surface area (Å²) >= 11 is 0. The molecule has 1 aromatic carbocycles. The molecule has 4 heteroatoms. The maximum atomic E-state index is 11.3. The zero-order valence-corrected chi connectivity index (χ0v) is 12.6. The molecule has 1 atom stereocenters. The Morgan fingerprint density at radius 3 is 2.75 bits per heavy atom. The minimum Gasteiger partial charge on any atom is -0.491 e. The van der Waals surface area contributed by atoms with Crippen LogP contribution in [0.15, 0.2) is 24.3 Å². The summed E-state index contributed by atoms with van der Waals surface area (Å²) in [4.78, 5) is 11.3. The number of ether oxygens (including phenoxy) is 2. The lowest BCUT2D eigenvalue weighted by Crippen LogP contribution is -2.24. The topological polar surface area (TPSA) is 61.5 Å².